The highest BCUT2D eigenvalue weighted by molar-refractivity contribution is 14.1. The van der Waals surface area contributed by atoms with Gasteiger partial charge in [-0.3, -0.25) is 10.1 Å². The predicted octanol–water partition coefficient (Wildman–Crippen LogP) is 4.24. The molecule has 0 aliphatic heterocycles. The summed E-state index contributed by atoms with van der Waals surface area (Å²) < 4.78 is 5.44. The van der Waals surface area contributed by atoms with E-state index in [2.05, 4.69) is 27.9 Å². The zero-order valence-corrected chi connectivity index (χ0v) is 15.2. The number of halogens is 1. The van der Waals surface area contributed by atoms with Gasteiger partial charge in [-0.2, -0.15) is 0 Å². The molecule has 0 aromatic heterocycles. The molecule has 0 bridgehead atoms. The lowest BCUT2D eigenvalue weighted by atomic mass is 10.0. The van der Waals surface area contributed by atoms with Gasteiger partial charge in [0.2, 0.25) is 0 Å². The van der Waals surface area contributed by atoms with Gasteiger partial charge >= 0.3 is 12.1 Å². The molecule has 6 heteroatoms. The monoisotopic (exact) mass is 419 g/mol. The first kappa shape index (κ1) is 18.7. The molecule has 0 saturated heterocycles. The Morgan fingerprint density at radius 3 is 2.55 bits per heavy atom. The SMILES string of the molecule is CC(C)(C)OC(=O)Nc1ccccc1C[C@@H](I)CCC(=O)O. The number of hydrogen-bond donors (Lipinski definition) is 2. The van der Waals surface area contributed by atoms with Crippen LogP contribution in [-0.2, 0) is 16.0 Å². The van der Waals surface area contributed by atoms with Crippen LogP contribution in [0, 0.1) is 0 Å². The minimum Gasteiger partial charge on any atom is -0.481 e. The zero-order chi connectivity index (χ0) is 16.8. The van der Waals surface area contributed by atoms with Crippen molar-refractivity contribution in [2.24, 2.45) is 0 Å². The molecule has 0 aliphatic rings. The fourth-order valence-electron chi connectivity index (χ4n) is 1.85. The second-order valence-electron chi connectivity index (χ2n) is 6.02. The van der Waals surface area contributed by atoms with Crippen LogP contribution in [0.15, 0.2) is 24.3 Å². The number of amides is 1. The zero-order valence-electron chi connectivity index (χ0n) is 13.1. The molecule has 1 atom stereocenters. The summed E-state index contributed by atoms with van der Waals surface area (Å²) in [6.45, 7) is 5.43. The van der Waals surface area contributed by atoms with Crippen molar-refractivity contribution >= 4 is 40.3 Å². The summed E-state index contributed by atoms with van der Waals surface area (Å²) in [4.78, 5) is 22.5. The summed E-state index contributed by atoms with van der Waals surface area (Å²) in [5, 5.41) is 11.5. The van der Waals surface area contributed by atoms with Gasteiger partial charge in [0.15, 0.2) is 0 Å². The van der Waals surface area contributed by atoms with E-state index < -0.39 is 17.7 Å². The van der Waals surface area contributed by atoms with Crippen molar-refractivity contribution in [3.05, 3.63) is 29.8 Å². The standard InChI is InChI=1S/C16H22INO4/c1-16(2,3)22-15(21)18-13-7-5-4-6-11(13)10-12(17)8-9-14(19)20/h4-7,12H,8-10H2,1-3H3,(H,18,21)(H,19,20)/t12-/m0/s1. The Balaban J connectivity index is 2.69. The lowest BCUT2D eigenvalue weighted by Crippen LogP contribution is -2.27. The average molecular weight is 419 g/mol. The molecule has 1 aromatic carbocycles. The average Bonchev–Trinajstić information content (AvgIpc) is 2.36. The molecular formula is C16H22INO4. The number of alkyl halides is 1. The third-order valence-electron chi connectivity index (χ3n) is 2.77. The lowest BCUT2D eigenvalue weighted by Gasteiger charge is -2.20. The number of rotatable bonds is 6. The van der Waals surface area contributed by atoms with Crippen molar-refractivity contribution < 1.29 is 19.4 Å². The summed E-state index contributed by atoms with van der Waals surface area (Å²) in [6.07, 6.45) is 0.946. The minimum absolute atomic E-state index is 0.148. The molecule has 1 amide bonds. The molecule has 0 radical (unpaired) electrons. The van der Waals surface area contributed by atoms with Gasteiger partial charge in [0.25, 0.3) is 0 Å². The second kappa shape index (κ2) is 8.36. The molecule has 0 aliphatic carbocycles. The number of nitrogens with one attached hydrogen (secondary N) is 1. The van der Waals surface area contributed by atoms with Crippen molar-refractivity contribution in [2.45, 2.75) is 49.6 Å². The molecule has 0 fully saturated rings. The van der Waals surface area contributed by atoms with Crippen molar-refractivity contribution in [2.75, 3.05) is 5.32 Å². The fourth-order valence-corrected chi connectivity index (χ4v) is 2.64. The topological polar surface area (TPSA) is 75.6 Å². The number of ether oxygens (including phenoxy) is 1. The van der Waals surface area contributed by atoms with Gasteiger partial charge < -0.3 is 9.84 Å². The molecule has 5 nitrogen and oxygen atoms in total. The number of carbonyl (C=O) groups excluding carboxylic acids is 1. The van der Waals surface area contributed by atoms with Crippen molar-refractivity contribution in [1.29, 1.82) is 0 Å². The number of carbonyl (C=O) groups is 2. The van der Waals surface area contributed by atoms with Crippen LogP contribution in [0.1, 0.15) is 39.2 Å². The van der Waals surface area contributed by atoms with E-state index in [0.717, 1.165) is 5.56 Å². The smallest absolute Gasteiger partial charge is 0.412 e. The Bertz CT molecular complexity index is 525. The molecule has 22 heavy (non-hydrogen) atoms. The van der Waals surface area contributed by atoms with Crippen LogP contribution in [0.4, 0.5) is 10.5 Å². The largest absolute Gasteiger partial charge is 0.481 e. The molecule has 1 rings (SSSR count). The normalized spacial score (nSPS) is 12.5. The first-order valence-corrected chi connectivity index (χ1v) is 8.35. The molecule has 0 heterocycles. The van der Waals surface area contributed by atoms with Crippen molar-refractivity contribution in [1.82, 2.24) is 0 Å². The van der Waals surface area contributed by atoms with Crippen molar-refractivity contribution in [3.8, 4) is 0 Å². The summed E-state index contributed by atoms with van der Waals surface area (Å²) in [5.74, 6) is -0.790. The van der Waals surface area contributed by atoms with E-state index in [-0.39, 0.29) is 10.3 Å². The van der Waals surface area contributed by atoms with E-state index in [9.17, 15) is 9.59 Å². The Morgan fingerprint density at radius 2 is 1.95 bits per heavy atom. The fraction of sp³-hybridized carbons (Fsp3) is 0.500. The van der Waals surface area contributed by atoms with Gasteiger partial charge in [0, 0.05) is 16.0 Å². The van der Waals surface area contributed by atoms with Crippen LogP contribution < -0.4 is 5.32 Å². The molecule has 0 spiro atoms. The number of carboxylic acid groups (broad SMARTS) is 1. The van der Waals surface area contributed by atoms with Gasteiger partial charge in [0.1, 0.15) is 5.60 Å². The molecule has 0 saturated carbocycles. The number of benzene rings is 1. The number of aliphatic carboxylic acids is 1. The van der Waals surface area contributed by atoms with Crippen molar-refractivity contribution in [3.63, 3.8) is 0 Å². The van der Waals surface area contributed by atoms with E-state index in [0.29, 0.717) is 18.5 Å². The number of carboxylic acids is 1. The second-order valence-corrected chi connectivity index (χ2v) is 7.78. The summed E-state index contributed by atoms with van der Waals surface area (Å²) >= 11 is 2.24. The predicted molar refractivity (Wildman–Crippen MR) is 94.7 cm³/mol. The van der Waals surface area contributed by atoms with E-state index in [1.807, 2.05) is 45.0 Å². The molecular weight excluding hydrogens is 397 g/mol. The van der Waals surface area contributed by atoms with Gasteiger partial charge in [0.05, 0.1) is 0 Å². The first-order chi connectivity index (χ1) is 10.2. The number of anilines is 1. The summed E-state index contributed by atoms with van der Waals surface area (Å²) in [5.41, 5.74) is 1.12. The Morgan fingerprint density at radius 1 is 1.32 bits per heavy atom. The first-order valence-electron chi connectivity index (χ1n) is 7.11. The Labute approximate surface area is 144 Å². The summed E-state index contributed by atoms with van der Waals surface area (Å²) in [6, 6.07) is 7.49. The number of hydrogen-bond acceptors (Lipinski definition) is 3. The van der Waals surface area contributed by atoms with Gasteiger partial charge in [-0.25, -0.2) is 4.79 Å². The van der Waals surface area contributed by atoms with Crippen LogP contribution in [0.2, 0.25) is 0 Å². The maximum Gasteiger partial charge on any atom is 0.412 e. The minimum atomic E-state index is -0.790. The maximum absolute atomic E-state index is 11.9. The van der Waals surface area contributed by atoms with Gasteiger partial charge in [-0.15, -0.1) is 0 Å². The van der Waals surface area contributed by atoms with E-state index in [1.165, 1.54) is 0 Å². The van der Waals surface area contributed by atoms with Crippen LogP contribution in [0.25, 0.3) is 0 Å². The highest BCUT2D eigenvalue weighted by Crippen LogP contribution is 2.22. The highest BCUT2D eigenvalue weighted by Gasteiger charge is 2.18. The molecule has 122 valence electrons. The van der Waals surface area contributed by atoms with E-state index in [1.54, 1.807) is 0 Å². The Kier molecular flexibility index (Phi) is 7.12. The van der Waals surface area contributed by atoms with Crippen LogP contribution >= 0.6 is 22.6 Å². The van der Waals surface area contributed by atoms with Crippen LogP contribution in [0.5, 0.6) is 0 Å². The van der Waals surface area contributed by atoms with Gasteiger partial charge in [-0.1, -0.05) is 40.8 Å². The van der Waals surface area contributed by atoms with E-state index >= 15 is 0 Å². The third kappa shape index (κ3) is 7.63. The van der Waals surface area contributed by atoms with Crippen LogP contribution in [-0.4, -0.2) is 26.7 Å². The molecule has 1 aromatic rings. The Hall–Kier alpha value is -1.31. The quantitative estimate of drug-likeness (QED) is 0.534. The van der Waals surface area contributed by atoms with Gasteiger partial charge in [-0.05, 0) is 45.2 Å². The van der Waals surface area contributed by atoms with Crippen LogP contribution in [0.3, 0.4) is 0 Å². The summed E-state index contributed by atoms with van der Waals surface area (Å²) in [7, 11) is 0. The maximum atomic E-state index is 11.9. The molecule has 2 N–H and O–H groups in total. The number of para-hydroxylation sites is 1. The third-order valence-corrected chi connectivity index (χ3v) is 3.83. The van der Waals surface area contributed by atoms with E-state index in [4.69, 9.17) is 9.84 Å². The molecule has 0 unspecified atom stereocenters. The lowest BCUT2D eigenvalue weighted by molar-refractivity contribution is -0.137. The highest BCUT2D eigenvalue weighted by atomic mass is 127.